The minimum Gasteiger partial charge on any atom is -0.507 e. The number of hydrogen-bond acceptors (Lipinski definition) is 6. The first-order valence-corrected chi connectivity index (χ1v) is 10.1. The largest absolute Gasteiger partial charge is 0.507 e. The standard InChI is InChI=1S/C23H32N2O4/c1-16-13-22(17(2)18(3)23(16)27)29-15-19(26)14-24-9-11-25(12-10-24)20-7-5-6-8-21(20)28-4/h5-8,13,19,26-27H,9-12,14-15H2,1-4H3. The number of methoxy groups -OCH3 is 1. The number of aliphatic hydroxyl groups excluding tert-OH is 1. The van der Waals surface area contributed by atoms with Gasteiger partial charge in [-0.2, -0.15) is 0 Å². The third-order valence-electron chi connectivity index (χ3n) is 5.71. The molecule has 2 N–H and O–H groups in total. The molecule has 2 aromatic carbocycles. The van der Waals surface area contributed by atoms with Crippen molar-refractivity contribution >= 4 is 5.69 Å². The fourth-order valence-electron chi connectivity index (χ4n) is 3.78. The Kier molecular flexibility index (Phi) is 6.87. The molecule has 1 aliphatic heterocycles. The van der Waals surface area contributed by atoms with E-state index in [-0.39, 0.29) is 6.61 Å². The van der Waals surface area contributed by atoms with Gasteiger partial charge in [0.05, 0.1) is 12.8 Å². The van der Waals surface area contributed by atoms with Crippen LogP contribution in [0.25, 0.3) is 0 Å². The third kappa shape index (κ3) is 4.95. The van der Waals surface area contributed by atoms with Gasteiger partial charge in [-0.3, -0.25) is 4.90 Å². The molecule has 158 valence electrons. The normalized spacial score (nSPS) is 16.0. The van der Waals surface area contributed by atoms with Crippen molar-refractivity contribution in [2.75, 3.05) is 51.3 Å². The molecule has 1 fully saturated rings. The molecule has 3 rings (SSSR count). The van der Waals surface area contributed by atoms with Crippen LogP contribution in [0, 0.1) is 20.8 Å². The number of phenols is 1. The van der Waals surface area contributed by atoms with Crippen molar-refractivity contribution in [2.24, 2.45) is 0 Å². The Morgan fingerprint density at radius 2 is 1.69 bits per heavy atom. The molecule has 0 bridgehead atoms. The van der Waals surface area contributed by atoms with Crippen LogP contribution in [-0.2, 0) is 0 Å². The Morgan fingerprint density at radius 3 is 2.38 bits per heavy atom. The van der Waals surface area contributed by atoms with Crippen molar-refractivity contribution in [3.63, 3.8) is 0 Å². The summed E-state index contributed by atoms with van der Waals surface area (Å²) in [5.41, 5.74) is 3.63. The predicted octanol–water partition coefficient (Wildman–Crippen LogP) is 2.89. The lowest BCUT2D eigenvalue weighted by Gasteiger charge is -2.37. The van der Waals surface area contributed by atoms with E-state index in [0.717, 1.165) is 60.1 Å². The first-order chi connectivity index (χ1) is 13.9. The number of para-hydroxylation sites is 2. The van der Waals surface area contributed by atoms with Crippen LogP contribution in [-0.4, -0.2) is 67.7 Å². The summed E-state index contributed by atoms with van der Waals surface area (Å²) in [5, 5.41) is 20.5. The number of anilines is 1. The Bertz CT molecular complexity index is 832. The zero-order chi connectivity index (χ0) is 21.0. The average Bonchev–Trinajstić information content (AvgIpc) is 2.74. The van der Waals surface area contributed by atoms with E-state index in [4.69, 9.17) is 9.47 Å². The Morgan fingerprint density at radius 1 is 1.00 bits per heavy atom. The number of phenolic OH excluding ortho intramolecular Hbond substituents is 1. The maximum absolute atomic E-state index is 10.5. The minimum absolute atomic E-state index is 0.233. The van der Waals surface area contributed by atoms with Crippen LogP contribution in [0.2, 0.25) is 0 Å². The van der Waals surface area contributed by atoms with Gasteiger partial charge in [0, 0.05) is 32.7 Å². The van der Waals surface area contributed by atoms with Gasteiger partial charge in [0.25, 0.3) is 0 Å². The summed E-state index contributed by atoms with van der Waals surface area (Å²) in [7, 11) is 1.70. The first-order valence-electron chi connectivity index (χ1n) is 10.1. The second-order valence-electron chi connectivity index (χ2n) is 7.71. The molecule has 29 heavy (non-hydrogen) atoms. The summed E-state index contributed by atoms with van der Waals surface area (Å²) in [6.45, 7) is 10.0. The van der Waals surface area contributed by atoms with Gasteiger partial charge in [0.15, 0.2) is 0 Å². The number of aryl methyl sites for hydroxylation is 1. The number of benzene rings is 2. The number of nitrogens with zero attached hydrogens (tertiary/aromatic N) is 2. The van der Waals surface area contributed by atoms with Crippen molar-refractivity contribution in [1.82, 2.24) is 4.90 Å². The molecule has 6 nitrogen and oxygen atoms in total. The smallest absolute Gasteiger partial charge is 0.142 e. The zero-order valence-corrected chi connectivity index (χ0v) is 17.8. The maximum atomic E-state index is 10.5. The number of ether oxygens (including phenoxy) is 2. The second-order valence-corrected chi connectivity index (χ2v) is 7.71. The molecule has 0 radical (unpaired) electrons. The highest BCUT2D eigenvalue weighted by molar-refractivity contribution is 5.58. The number of rotatable bonds is 7. The Hall–Kier alpha value is -2.44. The van der Waals surface area contributed by atoms with Gasteiger partial charge in [-0.05, 0) is 55.7 Å². The van der Waals surface area contributed by atoms with Crippen LogP contribution in [0.4, 0.5) is 5.69 Å². The zero-order valence-electron chi connectivity index (χ0n) is 17.8. The average molecular weight is 401 g/mol. The van der Waals surface area contributed by atoms with Crippen LogP contribution in [0.3, 0.4) is 0 Å². The highest BCUT2D eigenvalue weighted by Crippen LogP contribution is 2.32. The van der Waals surface area contributed by atoms with E-state index in [1.54, 1.807) is 7.11 Å². The summed E-state index contributed by atoms with van der Waals surface area (Å²) in [5.74, 6) is 1.92. The molecule has 0 spiro atoms. The summed E-state index contributed by atoms with van der Waals surface area (Å²) >= 11 is 0. The quantitative estimate of drug-likeness (QED) is 0.745. The highest BCUT2D eigenvalue weighted by Gasteiger charge is 2.21. The van der Waals surface area contributed by atoms with Crippen LogP contribution >= 0.6 is 0 Å². The van der Waals surface area contributed by atoms with E-state index in [9.17, 15) is 10.2 Å². The van der Waals surface area contributed by atoms with Gasteiger partial charge in [0.2, 0.25) is 0 Å². The second kappa shape index (κ2) is 9.37. The minimum atomic E-state index is -0.568. The van der Waals surface area contributed by atoms with Crippen molar-refractivity contribution in [1.29, 1.82) is 0 Å². The number of piperazine rings is 1. The lowest BCUT2D eigenvalue weighted by Crippen LogP contribution is -2.49. The molecule has 1 heterocycles. The van der Waals surface area contributed by atoms with Crippen molar-refractivity contribution < 1.29 is 19.7 Å². The van der Waals surface area contributed by atoms with Crippen molar-refractivity contribution in [3.05, 3.63) is 47.0 Å². The van der Waals surface area contributed by atoms with Gasteiger partial charge < -0.3 is 24.6 Å². The van der Waals surface area contributed by atoms with Crippen molar-refractivity contribution in [2.45, 2.75) is 26.9 Å². The third-order valence-corrected chi connectivity index (χ3v) is 5.71. The van der Waals surface area contributed by atoms with Gasteiger partial charge in [-0.15, -0.1) is 0 Å². The molecule has 2 aromatic rings. The summed E-state index contributed by atoms with van der Waals surface area (Å²) in [6, 6.07) is 9.91. The summed E-state index contributed by atoms with van der Waals surface area (Å²) in [6.07, 6.45) is -0.568. The lowest BCUT2D eigenvalue weighted by molar-refractivity contribution is 0.0660. The molecule has 1 aliphatic rings. The van der Waals surface area contributed by atoms with Gasteiger partial charge in [0.1, 0.15) is 30.0 Å². The van der Waals surface area contributed by atoms with Gasteiger partial charge >= 0.3 is 0 Å². The summed E-state index contributed by atoms with van der Waals surface area (Å²) < 4.78 is 11.3. The topological polar surface area (TPSA) is 65.4 Å². The first kappa shape index (κ1) is 21.3. The van der Waals surface area contributed by atoms with Crippen LogP contribution in [0.5, 0.6) is 17.2 Å². The molecule has 1 saturated heterocycles. The number of aliphatic hydroxyl groups is 1. The number of hydrogen-bond donors (Lipinski definition) is 2. The molecular formula is C23H32N2O4. The Labute approximate surface area is 173 Å². The lowest BCUT2D eigenvalue weighted by atomic mass is 10.0. The van der Waals surface area contributed by atoms with E-state index in [0.29, 0.717) is 12.3 Å². The maximum Gasteiger partial charge on any atom is 0.142 e. The van der Waals surface area contributed by atoms with E-state index in [2.05, 4.69) is 15.9 Å². The van der Waals surface area contributed by atoms with E-state index in [1.165, 1.54) is 0 Å². The molecule has 6 heteroatoms. The molecule has 1 atom stereocenters. The number of β-amino-alcohol motifs (C(OH)–C–C–N with tert-alkyl or cyclic N) is 1. The van der Waals surface area contributed by atoms with Crippen molar-refractivity contribution in [3.8, 4) is 17.2 Å². The number of aromatic hydroxyl groups is 1. The summed E-state index contributed by atoms with van der Waals surface area (Å²) in [4.78, 5) is 4.59. The van der Waals surface area contributed by atoms with Crippen LogP contribution in [0.15, 0.2) is 30.3 Å². The molecule has 0 aromatic heterocycles. The monoisotopic (exact) mass is 400 g/mol. The fraction of sp³-hybridized carbons (Fsp3) is 0.478. The molecule has 0 saturated carbocycles. The van der Waals surface area contributed by atoms with Gasteiger partial charge in [-0.25, -0.2) is 0 Å². The molecule has 1 unspecified atom stereocenters. The van der Waals surface area contributed by atoms with E-state index >= 15 is 0 Å². The van der Waals surface area contributed by atoms with E-state index in [1.807, 2.05) is 45.0 Å². The van der Waals surface area contributed by atoms with Crippen LogP contribution < -0.4 is 14.4 Å². The van der Waals surface area contributed by atoms with Gasteiger partial charge in [-0.1, -0.05) is 12.1 Å². The SMILES string of the molecule is COc1ccccc1N1CCN(CC(O)COc2cc(C)c(O)c(C)c2C)CC1. The fourth-order valence-corrected chi connectivity index (χ4v) is 3.78. The van der Waals surface area contributed by atoms with E-state index < -0.39 is 6.10 Å². The molecule has 0 aliphatic carbocycles. The molecular weight excluding hydrogens is 368 g/mol. The predicted molar refractivity (Wildman–Crippen MR) is 115 cm³/mol. The molecule has 0 amide bonds. The highest BCUT2D eigenvalue weighted by atomic mass is 16.5. The van der Waals surface area contributed by atoms with Crippen LogP contribution in [0.1, 0.15) is 16.7 Å². The Balaban J connectivity index is 1.50.